The predicted octanol–water partition coefficient (Wildman–Crippen LogP) is 1.14. The van der Waals surface area contributed by atoms with Gasteiger partial charge in [-0.2, -0.15) is 0 Å². The molecule has 2 N–H and O–H groups in total. The zero-order valence-electron chi connectivity index (χ0n) is 13.5. The zero-order valence-corrected chi connectivity index (χ0v) is 13.5. The molecule has 0 aromatic rings. The molecule has 0 aliphatic carbocycles. The van der Waals surface area contributed by atoms with E-state index in [4.69, 9.17) is 4.74 Å². The number of hydrogen-bond donors (Lipinski definition) is 2. The van der Waals surface area contributed by atoms with Crippen molar-refractivity contribution in [2.75, 3.05) is 0 Å². The molecule has 1 fully saturated rings. The van der Waals surface area contributed by atoms with E-state index < -0.39 is 23.7 Å². The first kappa shape index (κ1) is 17.5. The van der Waals surface area contributed by atoms with E-state index in [9.17, 15) is 14.4 Å². The molecule has 6 heteroatoms. The Balaban J connectivity index is 2.72. The molecule has 1 aliphatic heterocycles. The van der Waals surface area contributed by atoms with Gasteiger partial charge in [-0.05, 0) is 33.1 Å². The summed E-state index contributed by atoms with van der Waals surface area (Å²) in [5.74, 6) is -0.931. The van der Waals surface area contributed by atoms with Crippen LogP contribution in [0.25, 0.3) is 0 Å². The van der Waals surface area contributed by atoms with Crippen LogP contribution in [0, 0.1) is 5.92 Å². The lowest BCUT2D eigenvalue weighted by Crippen LogP contribution is -2.52. The molecule has 0 unspecified atom stereocenters. The van der Waals surface area contributed by atoms with E-state index in [-0.39, 0.29) is 17.7 Å². The molecule has 120 valence electrons. The topological polar surface area (TPSA) is 84.5 Å². The van der Waals surface area contributed by atoms with Crippen molar-refractivity contribution in [2.45, 2.75) is 71.6 Å². The number of carbonyl (C=O) groups is 3. The van der Waals surface area contributed by atoms with Crippen LogP contribution in [-0.2, 0) is 19.1 Å². The van der Waals surface area contributed by atoms with Gasteiger partial charge in [0.15, 0.2) is 0 Å². The fourth-order valence-electron chi connectivity index (χ4n) is 2.10. The Morgan fingerprint density at radius 1 is 1.43 bits per heavy atom. The van der Waals surface area contributed by atoms with Crippen molar-refractivity contribution in [3.05, 3.63) is 0 Å². The second-order valence-corrected chi connectivity index (χ2v) is 6.56. The minimum Gasteiger partial charge on any atom is -0.458 e. The first-order chi connectivity index (χ1) is 9.64. The minimum absolute atomic E-state index is 0.0408. The summed E-state index contributed by atoms with van der Waals surface area (Å²) in [5, 5.41) is 5.32. The zero-order chi connectivity index (χ0) is 16.2. The predicted molar refractivity (Wildman–Crippen MR) is 78.4 cm³/mol. The molecule has 0 aromatic heterocycles. The SMILES string of the molecule is CC[C@H](C)[C@H](NC(=O)[C@H]1CCC(=O)N1)C(=O)OC(C)(C)C. The third-order valence-electron chi connectivity index (χ3n) is 3.48. The Kier molecular flexibility index (Phi) is 5.75. The van der Waals surface area contributed by atoms with Gasteiger partial charge < -0.3 is 15.4 Å². The smallest absolute Gasteiger partial charge is 0.329 e. The summed E-state index contributed by atoms with van der Waals surface area (Å²) in [4.78, 5) is 35.6. The minimum atomic E-state index is -0.695. The number of hydrogen-bond acceptors (Lipinski definition) is 4. The molecule has 2 amide bonds. The van der Waals surface area contributed by atoms with Crippen LogP contribution in [0.1, 0.15) is 53.9 Å². The molecule has 21 heavy (non-hydrogen) atoms. The van der Waals surface area contributed by atoms with E-state index in [1.54, 1.807) is 20.8 Å². The third-order valence-corrected chi connectivity index (χ3v) is 3.48. The van der Waals surface area contributed by atoms with Gasteiger partial charge in [-0.15, -0.1) is 0 Å². The summed E-state index contributed by atoms with van der Waals surface area (Å²) in [6, 6.07) is -1.24. The van der Waals surface area contributed by atoms with E-state index in [1.165, 1.54) is 0 Å². The average molecular weight is 298 g/mol. The van der Waals surface area contributed by atoms with Gasteiger partial charge >= 0.3 is 5.97 Å². The van der Waals surface area contributed by atoms with Gasteiger partial charge in [0.2, 0.25) is 11.8 Å². The van der Waals surface area contributed by atoms with Crippen LogP contribution in [0.3, 0.4) is 0 Å². The second kappa shape index (κ2) is 6.91. The van der Waals surface area contributed by atoms with Crippen LogP contribution < -0.4 is 10.6 Å². The summed E-state index contributed by atoms with van der Waals surface area (Å²) in [6.07, 6.45) is 1.55. The summed E-state index contributed by atoms with van der Waals surface area (Å²) >= 11 is 0. The maximum absolute atomic E-state index is 12.2. The van der Waals surface area contributed by atoms with Crippen molar-refractivity contribution in [3.63, 3.8) is 0 Å². The molecule has 0 spiro atoms. The van der Waals surface area contributed by atoms with E-state index >= 15 is 0 Å². The van der Waals surface area contributed by atoms with Crippen molar-refractivity contribution in [1.82, 2.24) is 10.6 Å². The van der Waals surface area contributed by atoms with Crippen molar-refractivity contribution in [2.24, 2.45) is 5.92 Å². The molecule has 6 nitrogen and oxygen atoms in total. The maximum atomic E-state index is 12.2. The molecule has 0 radical (unpaired) electrons. The van der Waals surface area contributed by atoms with Gasteiger partial charge in [-0.1, -0.05) is 20.3 Å². The van der Waals surface area contributed by atoms with Gasteiger partial charge in [0.1, 0.15) is 17.7 Å². The van der Waals surface area contributed by atoms with Gasteiger partial charge in [0.05, 0.1) is 0 Å². The van der Waals surface area contributed by atoms with Crippen molar-refractivity contribution in [1.29, 1.82) is 0 Å². The molecular formula is C15H26N2O4. The van der Waals surface area contributed by atoms with Gasteiger partial charge in [-0.25, -0.2) is 4.79 Å². The first-order valence-corrected chi connectivity index (χ1v) is 7.46. The standard InChI is InChI=1S/C15H26N2O4/c1-6-9(2)12(14(20)21-15(3,4)5)17-13(19)10-7-8-11(18)16-10/h9-10,12H,6-8H2,1-5H3,(H,16,18)(H,17,19)/t9-,10+,12-/m0/s1. The highest BCUT2D eigenvalue weighted by Crippen LogP contribution is 2.16. The maximum Gasteiger partial charge on any atom is 0.329 e. The Hall–Kier alpha value is -1.59. The number of amides is 2. The highest BCUT2D eigenvalue weighted by molar-refractivity contribution is 5.93. The Morgan fingerprint density at radius 3 is 2.48 bits per heavy atom. The number of rotatable bonds is 5. The highest BCUT2D eigenvalue weighted by Gasteiger charge is 2.34. The van der Waals surface area contributed by atoms with Crippen molar-refractivity contribution >= 4 is 17.8 Å². The Morgan fingerprint density at radius 2 is 2.05 bits per heavy atom. The molecular weight excluding hydrogens is 272 g/mol. The summed E-state index contributed by atoms with van der Waals surface area (Å²) in [5.41, 5.74) is -0.602. The summed E-state index contributed by atoms with van der Waals surface area (Å²) < 4.78 is 5.37. The third kappa shape index (κ3) is 5.36. The lowest BCUT2D eigenvalue weighted by Gasteiger charge is -2.28. The monoisotopic (exact) mass is 298 g/mol. The van der Waals surface area contributed by atoms with Crippen LogP contribution in [0.5, 0.6) is 0 Å². The van der Waals surface area contributed by atoms with Crippen molar-refractivity contribution < 1.29 is 19.1 Å². The molecule has 0 saturated carbocycles. The number of esters is 1. The molecule has 0 bridgehead atoms. The summed E-state index contributed by atoms with van der Waals surface area (Å²) in [7, 11) is 0. The van der Waals surface area contributed by atoms with Gasteiger partial charge in [-0.3, -0.25) is 9.59 Å². The number of nitrogens with one attached hydrogen (secondary N) is 2. The molecule has 1 aliphatic rings. The van der Waals surface area contributed by atoms with E-state index in [0.717, 1.165) is 6.42 Å². The van der Waals surface area contributed by atoms with Crippen LogP contribution in [0.2, 0.25) is 0 Å². The highest BCUT2D eigenvalue weighted by atomic mass is 16.6. The molecule has 1 rings (SSSR count). The van der Waals surface area contributed by atoms with Crippen LogP contribution in [0.15, 0.2) is 0 Å². The van der Waals surface area contributed by atoms with E-state index in [1.807, 2.05) is 13.8 Å². The lowest BCUT2D eigenvalue weighted by molar-refractivity contribution is -0.160. The number of ether oxygens (including phenoxy) is 1. The molecule has 1 saturated heterocycles. The lowest BCUT2D eigenvalue weighted by atomic mass is 9.98. The normalized spacial score (nSPS) is 21.4. The van der Waals surface area contributed by atoms with E-state index in [2.05, 4.69) is 10.6 Å². The van der Waals surface area contributed by atoms with Crippen molar-refractivity contribution in [3.8, 4) is 0 Å². The molecule has 0 aromatic carbocycles. The van der Waals surface area contributed by atoms with Crippen LogP contribution in [-0.4, -0.2) is 35.5 Å². The fourth-order valence-corrected chi connectivity index (χ4v) is 2.10. The second-order valence-electron chi connectivity index (χ2n) is 6.56. The van der Waals surface area contributed by atoms with Gasteiger partial charge in [0, 0.05) is 6.42 Å². The number of carbonyl (C=O) groups excluding carboxylic acids is 3. The molecule has 1 heterocycles. The Bertz CT molecular complexity index is 414. The summed E-state index contributed by atoms with van der Waals surface area (Å²) in [6.45, 7) is 9.21. The van der Waals surface area contributed by atoms with Gasteiger partial charge in [0.25, 0.3) is 0 Å². The first-order valence-electron chi connectivity index (χ1n) is 7.46. The Labute approximate surface area is 126 Å². The molecule has 3 atom stereocenters. The van der Waals surface area contributed by atoms with Crippen LogP contribution in [0.4, 0.5) is 0 Å². The largest absolute Gasteiger partial charge is 0.458 e. The van der Waals surface area contributed by atoms with Crippen LogP contribution >= 0.6 is 0 Å². The fraction of sp³-hybridized carbons (Fsp3) is 0.800. The quantitative estimate of drug-likeness (QED) is 0.745. The average Bonchev–Trinajstić information content (AvgIpc) is 2.79. The van der Waals surface area contributed by atoms with E-state index in [0.29, 0.717) is 12.8 Å².